The number of carbonyl (C=O) groups is 1. The van der Waals surface area contributed by atoms with Crippen molar-refractivity contribution >= 4 is 11.4 Å². The first-order valence-corrected chi connectivity index (χ1v) is 5.92. The highest BCUT2D eigenvalue weighted by Gasteiger charge is 2.29. The van der Waals surface area contributed by atoms with E-state index in [4.69, 9.17) is 0 Å². The van der Waals surface area contributed by atoms with Crippen molar-refractivity contribution in [1.82, 2.24) is 9.13 Å². The number of ketones is 1. The number of hydrogen-bond donors (Lipinski definition) is 0. The van der Waals surface area contributed by atoms with Crippen LogP contribution in [0.15, 0.2) is 42.2 Å². The molecule has 17 heavy (non-hydrogen) atoms. The van der Waals surface area contributed by atoms with E-state index in [1.54, 1.807) is 0 Å². The number of aryl methyl sites for hydroxylation is 1. The Morgan fingerprint density at radius 3 is 2.53 bits per heavy atom. The first-order chi connectivity index (χ1) is 8.34. The third-order valence-corrected chi connectivity index (χ3v) is 3.77. The minimum Gasteiger partial charge on any atom is -0.347 e. The molecular formula is C14H12N2O. The Morgan fingerprint density at radius 1 is 0.941 bits per heavy atom. The maximum atomic E-state index is 12.3. The van der Waals surface area contributed by atoms with Gasteiger partial charge in [0.15, 0.2) is 0 Å². The first kappa shape index (κ1) is 9.05. The molecule has 0 saturated heterocycles. The smallest absolute Gasteiger partial charge is 0.207 e. The Kier molecular flexibility index (Phi) is 1.60. The van der Waals surface area contributed by atoms with E-state index in [1.165, 1.54) is 11.3 Å². The number of allylic oxidation sites excluding steroid dienone is 2. The molecular weight excluding hydrogens is 212 g/mol. The van der Waals surface area contributed by atoms with Crippen LogP contribution in [0.1, 0.15) is 22.6 Å². The van der Waals surface area contributed by atoms with Crippen molar-refractivity contribution in [2.24, 2.45) is 0 Å². The lowest BCUT2D eigenvalue weighted by Crippen LogP contribution is -1.98. The van der Waals surface area contributed by atoms with Gasteiger partial charge in [0.2, 0.25) is 5.78 Å². The average molecular weight is 224 g/mol. The van der Waals surface area contributed by atoms with Gasteiger partial charge in [-0.15, -0.1) is 0 Å². The van der Waals surface area contributed by atoms with Crippen LogP contribution in [0, 0.1) is 0 Å². The second-order valence-corrected chi connectivity index (χ2v) is 4.64. The molecule has 0 unspecified atom stereocenters. The Balaban J connectivity index is 1.89. The summed E-state index contributed by atoms with van der Waals surface area (Å²) in [5, 5.41) is 0. The lowest BCUT2D eigenvalue weighted by molar-refractivity contribution is 0.103. The molecule has 0 atom stereocenters. The fourth-order valence-electron chi connectivity index (χ4n) is 2.94. The van der Waals surface area contributed by atoms with E-state index >= 15 is 0 Å². The zero-order valence-corrected chi connectivity index (χ0v) is 9.39. The van der Waals surface area contributed by atoms with Crippen LogP contribution in [0.2, 0.25) is 0 Å². The van der Waals surface area contributed by atoms with Gasteiger partial charge in [0.1, 0.15) is 0 Å². The average Bonchev–Trinajstić information content (AvgIpc) is 3.01. The largest absolute Gasteiger partial charge is 0.347 e. The fraction of sp³-hybridized carbons (Fsp3) is 0.214. The van der Waals surface area contributed by atoms with Crippen molar-refractivity contribution in [2.75, 3.05) is 0 Å². The quantitative estimate of drug-likeness (QED) is 0.631. The van der Waals surface area contributed by atoms with Crippen LogP contribution in [0.4, 0.5) is 0 Å². The molecule has 0 N–H and O–H groups in total. The van der Waals surface area contributed by atoms with E-state index in [0.717, 1.165) is 30.8 Å². The summed E-state index contributed by atoms with van der Waals surface area (Å²) in [6, 6.07) is 8.00. The zero-order valence-electron chi connectivity index (χ0n) is 9.39. The van der Waals surface area contributed by atoms with E-state index in [9.17, 15) is 4.79 Å². The van der Waals surface area contributed by atoms with Crippen molar-refractivity contribution in [3.8, 4) is 0 Å². The van der Waals surface area contributed by atoms with E-state index in [2.05, 4.69) is 22.9 Å². The maximum Gasteiger partial charge on any atom is 0.207 e. The third-order valence-electron chi connectivity index (χ3n) is 3.77. The lowest BCUT2D eigenvalue weighted by atomic mass is 10.0. The summed E-state index contributed by atoms with van der Waals surface area (Å²) in [5.74, 6) is 0.208. The molecule has 2 aliphatic rings. The molecule has 0 radical (unpaired) electrons. The Hall–Kier alpha value is -2.03. The van der Waals surface area contributed by atoms with Gasteiger partial charge >= 0.3 is 0 Å². The highest BCUT2D eigenvalue weighted by atomic mass is 16.1. The summed E-state index contributed by atoms with van der Waals surface area (Å²) in [5.41, 5.74) is 4.28. The predicted octanol–water partition coefficient (Wildman–Crippen LogP) is 2.34. The zero-order chi connectivity index (χ0) is 11.4. The molecule has 0 spiro atoms. The van der Waals surface area contributed by atoms with Gasteiger partial charge < -0.3 is 9.13 Å². The highest BCUT2D eigenvalue weighted by Crippen LogP contribution is 2.34. The highest BCUT2D eigenvalue weighted by molar-refractivity contribution is 6.14. The Bertz CT molecular complexity index is 657. The summed E-state index contributed by atoms with van der Waals surface area (Å²) in [4.78, 5) is 12.3. The van der Waals surface area contributed by atoms with E-state index in [1.807, 2.05) is 22.9 Å². The number of fused-ring (bicyclic) bond motifs is 2. The first-order valence-electron chi connectivity index (χ1n) is 5.92. The Labute approximate surface area is 99.0 Å². The molecule has 2 aromatic heterocycles. The number of nitrogens with zero attached hydrogens (tertiary/aromatic N) is 2. The van der Waals surface area contributed by atoms with E-state index in [-0.39, 0.29) is 5.78 Å². The van der Waals surface area contributed by atoms with Crippen LogP contribution in [-0.2, 0) is 13.1 Å². The molecule has 2 aliphatic heterocycles. The number of carbonyl (C=O) groups excluding carboxylic acids is 1. The molecule has 84 valence electrons. The molecule has 0 aromatic carbocycles. The number of Topliss-reactive ketones (excluding diaryl/α,β-unsaturated/α-hetero) is 1. The monoisotopic (exact) mass is 224 g/mol. The van der Waals surface area contributed by atoms with Crippen LogP contribution in [0.25, 0.3) is 5.57 Å². The van der Waals surface area contributed by atoms with Crippen LogP contribution >= 0.6 is 0 Å². The minimum absolute atomic E-state index is 0.208. The molecule has 0 saturated carbocycles. The fourth-order valence-corrected chi connectivity index (χ4v) is 2.94. The molecule has 3 nitrogen and oxygen atoms in total. The van der Waals surface area contributed by atoms with Crippen LogP contribution in [-0.4, -0.2) is 14.9 Å². The SMILES string of the molecule is O=C1/C(=C2\CCn3cccc32)Cn2cccc21. The molecule has 0 amide bonds. The van der Waals surface area contributed by atoms with Gasteiger partial charge in [-0.1, -0.05) is 0 Å². The molecule has 4 rings (SSSR count). The van der Waals surface area contributed by atoms with Crippen LogP contribution < -0.4 is 0 Å². The second kappa shape index (κ2) is 3.00. The molecule has 3 heteroatoms. The summed E-state index contributed by atoms with van der Waals surface area (Å²) in [6.45, 7) is 1.74. The van der Waals surface area contributed by atoms with E-state index < -0.39 is 0 Å². The van der Waals surface area contributed by atoms with Crippen molar-refractivity contribution < 1.29 is 4.79 Å². The summed E-state index contributed by atoms with van der Waals surface area (Å²) >= 11 is 0. The maximum absolute atomic E-state index is 12.3. The predicted molar refractivity (Wildman–Crippen MR) is 64.7 cm³/mol. The number of rotatable bonds is 0. The Morgan fingerprint density at radius 2 is 1.71 bits per heavy atom. The molecule has 0 fully saturated rings. The van der Waals surface area contributed by atoms with Crippen molar-refractivity contribution in [3.63, 3.8) is 0 Å². The molecule has 2 aromatic rings. The van der Waals surface area contributed by atoms with Gasteiger partial charge in [-0.05, 0) is 36.3 Å². The molecule has 4 heterocycles. The third kappa shape index (κ3) is 1.08. The standard InChI is InChI=1S/C14H12N2O/c17-14-11(9-16-7-2-4-13(14)16)10-5-8-15-6-1-3-12(10)15/h1-4,6-7H,5,8-9H2/b11-10+. The molecule has 0 bridgehead atoms. The van der Waals surface area contributed by atoms with Crippen LogP contribution in [0.3, 0.4) is 0 Å². The van der Waals surface area contributed by atoms with Gasteiger partial charge in [-0.25, -0.2) is 0 Å². The van der Waals surface area contributed by atoms with Crippen LogP contribution in [0.5, 0.6) is 0 Å². The van der Waals surface area contributed by atoms with Gasteiger partial charge in [-0.2, -0.15) is 0 Å². The minimum atomic E-state index is 0.208. The number of hydrogen-bond acceptors (Lipinski definition) is 1. The van der Waals surface area contributed by atoms with Crippen molar-refractivity contribution in [3.05, 3.63) is 53.6 Å². The lowest BCUT2D eigenvalue weighted by Gasteiger charge is -2.02. The summed E-state index contributed by atoms with van der Waals surface area (Å²) in [6.07, 6.45) is 5.06. The van der Waals surface area contributed by atoms with Gasteiger partial charge in [0, 0.05) is 30.2 Å². The summed E-state index contributed by atoms with van der Waals surface area (Å²) < 4.78 is 4.26. The number of aromatic nitrogens is 2. The van der Waals surface area contributed by atoms with Gasteiger partial charge in [0.05, 0.1) is 12.2 Å². The van der Waals surface area contributed by atoms with Crippen molar-refractivity contribution in [1.29, 1.82) is 0 Å². The molecule has 0 aliphatic carbocycles. The van der Waals surface area contributed by atoms with E-state index in [0.29, 0.717) is 0 Å². The van der Waals surface area contributed by atoms with Crippen molar-refractivity contribution in [2.45, 2.75) is 19.5 Å². The topological polar surface area (TPSA) is 26.9 Å². The second-order valence-electron chi connectivity index (χ2n) is 4.64. The van der Waals surface area contributed by atoms with Gasteiger partial charge in [-0.3, -0.25) is 4.79 Å². The normalized spacial score (nSPS) is 22.0. The summed E-state index contributed by atoms with van der Waals surface area (Å²) in [7, 11) is 0. The van der Waals surface area contributed by atoms with Gasteiger partial charge in [0.25, 0.3) is 0 Å².